The van der Waals surface area contributed by atoms with E-state index in [1.807, 2.05) is 23.8 Å². The maximum absolute atomic E-state index is 12.5. The Labute approximate surface area is 153 Å². The first-order chi connectivity index (χ1) is 12.2. The van der Waals surface area contributed by atoms with Crippen LogP contribution < -0.4 is 10.1 Å². The molecule has 7 heteroatoms. The van der Waals surface area contributed by atoms with Crippen molar-refractivity contribution in [1.82, 2.24) is 9.97 Å². The molecule has 0 fully saturated rings. The topological polar surface area (TPSA) is 64.1 Å². The fourth-order valence-corrected chi connectivity index (χ4v) is 3.96. The van der Waals surface area contributed by atoms with E-state index in [0.29, 0.717) is 15.7 Å². The van der Waals surface area contributed by atoms with E-state index in [9.17, 15) is 4.79 Å². The van der Waals surface area contributed by atoms with Crippen molar-refractivity contribution in [3.63, 3.8) is 0 Å². The molecule has 1 aliphatic rings. The summed E-state index contributed by atoms with van der Waals surface area (Å²) < 4.78 is 5.54. The number of amides is 1. The normalized spacial score (nSPS) is 12.5. The van der Waals surface area contributed by atoms with Crippen molar-refractivity contribution in [3.05, 3.63) is 53.0 Å². The molecule has 5 nitrogen and oxygen atoms in total. The fraction of sp³-hybridized carbons (Fsp3) is 0.167. The van der Waals surface area contributed by atoms with Gasteiger partial charge in [0.2, 0.25) is 0 Å². The van der Waals surface area contributed by atoms with Gasteiger partial charge in [0.15, 0.2) is 5.13 Å². The van der Waals surface area contributed by atoms with Crippen molar-refractivity contribution in [1.29, 1.82) is 0 Å². The van der Waals surface area contributed by atoms with Crippen LogP contribution in [0.3, 0.4) is 0 Å². The Bertz CT molecular complexity index is 940. The zero-order valence-electron chi connectivity index (χ0n) is 13.5. The molecule has 0 bridgehead atoms. The van der Waals surface area contributed by atoms with E-state index in [0.717, 1.165) is 30.0 Å². The zero-order valence-corrected chi connectivity index (χ0v) is 15.1. The van der Waals surface area contributed by atoms with Crippen LogP contribution in [0.5, 0.6) is 5.75 Å². The third-order valence-electron chi connectivity index (χ3n) is 3.92. The monoisotopic (exact) mass is 369 g/mol. The Morgan fingerprint density at radius 3 is 3.16 bits per heavy atom. The Hall–Kier alpha value is -2.38. The van der Waals surface area contributed by atoms with Crippen molar-refractivity contribution >= 4 is 34.1 Å². The van der Waals surface area contributed by atoms with Gasteiger partial charge < -0.3 is 4.74 Å². The SMILES string of the molecule is CSc1ncccc1C(=O)Nc1nc(-c2ccc3c(c2)CCO3)cs1. The number of aromatic nitrogens is 2. The molecule has 0 aliphatic carbocycles. The molecule has 0 saturated heterocycles. The average Bonchev–Trinajstić information content (AvgIpc) is 3.30. The quantitative estimate of drug-likeness (QED) is 0.701. The van der Waals surface area contributed by atoms with Crippen LogP contribution in [-0.2, 0) is 6.42 Å². The minimum atomic E-state index is -0.194. The minimum absolute atomic E-state index is 0.194. The average molecular weight is 369 g/mol. The Morgan fingerprint density at radius 1 is 1.36 bits per heavy atom. The molecule has 0 radical (unpaired) electrons. The van der Waals surface area contributed by atoms with Crippen LogP contribution in [0.15, 0.2) is 46.9 Å². The smallest absolute Gasteiger partial charge is 0.260 e. The Morgan fingerprint density at radius 2 is 2.28 bits per heavy atom. The number of anilines is 1. The van der Waals surface area contributed by atoms with Gasteiger partial charge in [0.1, 0.15) is 10.8 Å². The first-order valence-corrected chi connectivity index (χ1v) is 9.87. The van der Waals surface area contributed by atoms with Gasteiger partial charge in [0.05, 0.1) is 17.9 Å². The summed E-state index contributed by atoms with van der Waals surface area (Å²) >= 11 is 2.86. The molecule has 1 aromatic carbocycles. The molecule has 1 amide bonds. The third-order valence-corrected chi connectivity index (χ3v) is 5.39. The number of nitrogens with zero attached hydrogens (tertiary/aromatic N) is 2. The van der Waals surface area contributed by atoms with Crippen molar-refractivity contribution in [2.75, 3.05) is 18.2 Å². The highest BCUT2D eigenvalue weighted by Crippen LogP contribution is 2.32. The number of benzene rings is 1. The molecule has 1 N–H and O–H groups in total. The number of pyridine rings is 1. The molecule has 4 rings (SSSR count). The number of hydrogen-bond acceptors (Lipinski definition) is 6. The molecule has 3 aromatic rings. The summed E-state index contributed by atoms with van der Waals surface area (Å²) in [7, 11) is 0. The number of hydrogen-bond donors (Lipinski definition) is 1. The van der Waals surface area contributed by atoms with Gasteiger partial charge in [-0.05, 0) is 42.2 Å². The lowest BCUT2D eigenvalue weighted by Gasteiger charge is -2.05. The van der Waals surface area contributed by atoms with E-state index < -0.39 is 0 Å². The second-order valence-corrected chi connectivity index (χ2v) is 7.13. The molecule has 0 spiro atoms. The molecule has 2 aromatic heterocycles. The van der Waals surface area contributed by atoms with E-state index in [1.54, 1.807) is 18.3 Å². The van der Waals surface area contributed by atoms with Crippen molar-refractivity contribution in [2.45, 2.75) is 11.4 Å². The van der Waals surface area contributed by atoms with E-state index >= 15 is 0 Å². The molecule has 0 unspecified atom stereocenters. The number of rotatable bonds is 4. The van der Waals surface area contributed by atoms with E-state index in [4.69, 9.17) is 4.74 Å². The van der Waals surface area contributed by atoms with Crippen LogP contribution in [0.4, 0.5) is 5.13 Å². The summed E-state index contributed by atoms with van der Waals surface area (Å²) in [5.41, 5.74) is 3.65. The number of thiazole rings is 1. The molecule has 3 heterocycles. The molecule has 1 aliphatic heterocycles. The van der Waals surface area contributed by atoms with E-state index in [2.05, 4.69) is 21.4 Å². The summed E-state index contributed by atoms with van der Waals surface area (Å²) in [4.78, 5) is 21.2. The first-order valence-electron chi connectivity index (χ1n) is 7.76. The minimum Gasteiger partial charge on any atom is -0.493 e. The van der Waals surface area contributed by atoms with Crippen molar-refractivity contribution < 1.29 is 9.53 Å². The summed E-state index contributed by atoms with van der Waals surface area (Å²) in [6.45, 7) is 0.736. The number of thioether (sulfide) groups is 1. The lowest BCUT2D eigenvalue weighted by molar-refractivity contribution is 0.102. The van der Waals surface area contributed by atoms with E-state index in [1.165, 1.54) is 28.7 Å². The number of nitrogens with one attached hydrogen (secondary N) is 1. The highest BCUT2D eigenvalue weighted by Gasteiger charge is 2.16. The molecule has 0 saturated carbocycles. The summed E-state index contributed by atoms with van der Waals surface area (Å²) in [6.07, 6.45) is 4.51. The fourth-order valence-electron chi connectivity index (χ4n) is 2.70. The van der Waals surface area contributed by atoms with Gasteiger partial charge in [-0.3, -0.25) is 10.1 Å². The van der Waals surface area contributed by atoms with Crippen LogP contribution in [-0.4, -0.2) is 28.7 Å². The maximum Gasteiger partial charge on any atom is 0.260 e. The highest BCUT2D eigenvalue weighted by atomic mass is 32.2. The predicted octanol–water partition coefficient (Wildman–Crippen LogP) is 4.11. The molecule has 25 heavy (non-hydrogen) atoms. The van der Waals surface area contributed by atoms with Crippen molar-refractivity contribution in [3.8, 4) is 17.0 Å². The predicted molar refractivity (Wildman–Crippen MR) is 101 cm³/mol. The van der Waals surface area contributed by atoms with Gasteiger partial charge in [0, 0.05) is 23.6 Å². The van der Waals surface area contributed by atoms with Gasteiger partial charge >= 0.3 is 0 Å². The summed E-state index contributed by atoms with van der Waals surface area (Å²) in [6, 6.07) is 9.61. The lowest BCUT2D eigenvalue weighted by Crippen LogP contribution is -2.13. The maximum atomic E-state index is 12.5. The third kappa shape index (κ3) is 3.25. The second kappa shape index (κ2) is 6.85. The summed E-state index contributed by atoms with van der Waals surface area (Å²) in [5.74, 6) is 0.759. The molecule has 0 atom stereocenters. The standard InChI is InChI=1S/C18H15N3O2S2/c1-24-17-13(3-2-7-19-17)16(22)21-18-20-14(10-25-18)11-4-5-15-12(9-11)6-8-23-15/h2-5,7,9-10H,6,8H2,1H3,(H,20,21,22). The first kappa shape index (κ1) is 16.1. The largest absolute Gasteiger partial charge is 0.493 e. The van der Waals surface area contributed by atoms with Crippen LogP contribution in [0.2, 0.25) is 0 Å². The van der Waals surface area contributed by atoms with Crippen LogP contribution in [0.1, 0.15) is 15.9 Å². The number of ether oxygens (including phenoxy) is 1. The van der Waals surface area contributed by atoms with Crippen LogP contribution in [0, 0.1) is 0 Å². The zero-order chi connectivity index (χ0) is 17.2. The van der Waals surface area contributed by atoms with Gasteiger partial charge in [-0.15, -0.1) is 23.1 Å². The molecular weight excluding hydrogens is 354 g/mol. The van der Waals surface area contributed by atoms with E-state index in [-0.39, 0.29) is 5.91 Å². The molecule has 126 valence electrons. The number of fused-ring (bicyclic) bond motifs is 1. The van der Waals surface area contributed by atoms with Gasteiger partial charge in [0.25, 0.3) is 5.91 Å². The Balaban J connectivity index is 1.54. The number of carbonyl (C=O) groups excluding carboxylic acids is 1. The van der Waals surface area contributed by atoms with Gasteiger partial charge in [-0.1, -0.05) is 0 Å². The lowest BCUT2D eigenvalue weighted by atomic mass is 10.1. The second-order valence-electron chi connectivity index (χ2n) is 5.47. The van der Waals surface area contributed by atoms with Gasteiger partial charge in [-0.2, -0.15) is 0 Å². The molecular formula is C18H15N3O2S2. The Kier molecular flexibility index (Phi) is 4.42. The van der Waals surface area contributed by atoms with Crippen LogP contribution >= 0.6 is 23.1 Å². The highest BCUT2D eigenvalue weighted by molar-refractivity contribution is 7.98. The van der Waals surface area contributed by atoms with Crippen molar-refractivity contribution in [2.24, 2.45) is 0 Å². The summed E-state index contributed by atoms with van der Waals surface area (Å²) in [5, 5.41) is 6.10. The van der Waals surface area contributed by atoms with Crippen LogP contribution in [0.25, 0.3) is 11.3 Å². The van der Waals surface area contributed by atoms with Gasteiger partial charge in [-0.25, -0.2) is 9.97 Å². The number of carbonyl (C=O) groups is 1.